The second-order valence-corrected chi connectivity index (χ2v) is 8.59. The molecule has 0 radical (unpaired) electrons. The summed E-state index contributed by atoms with van der Waals surface area (Å²) in [6, 6.07) is 12.2. The van der Waals surface area contributed by atoms with Gasteiger partial charge in [0.05, 0.1) is 11.4 Å². The molecule has 0 saturated carbocycles. The van der Waals surface area contributed by atoms with Crippen molar-refractivity contribution >= 4 is 22.9 Å². The third kappa shape index (κ3) is 5.90. The Kier molecular flexibility index (Phi) is 7.59. The molecule has 1 N–H and O–H groups in total. The van der Waals surface area contributed by atoms with Crippen molar-refractivity contribution in [2.24, 2.45) is 0 Å². The molecule has 0 fully saturated rings. The summed E-state index contributed by atoms with van der Waals surface area (Å²) in [5.74, 6) is 1.21. The summed E-state index contributed by atoms with van der Waals surface area (Å²) in [7, 11) is 5.89. The van der Waals surface area contributed by atoms with E-state index in [1.165, 1.54) is 0 Å². The molecular formula is C22H30N5O2S+. The highest BCUT2D eigenvalue weighted by molar-refractivity contribution is 7.13. The van der Waals surface area contributed by atoms with Crippen molar-refractivity contribution in [3.63, 3.8) is 0 Å². The number of amides is 1. The van der Waals surface area contributed by atoms with E-state index in [2.05, 4.69) is 46.3 Å². The first-order valence-corrected chi connectivity index (χ1v) is 11.0. The van der Waals surface area contributed by atoms with Gasteiger partial charge in [0.1, 0.15) is 0 Å². The van der Waals surface area contributed by atoms with Gasteiger partial charge in [-0.15, -0.1) is 21.5 Å². The Labute approximate surface area is 181 Å². The molecule has 0 aliphatic carbocycles. The molecule has 1 atom stereocenters. The highest BCUT2D eigenvalue weighted by Crippen LogP contribution is 2.22. The van der Waals surface area contributed by atoms with E-state index in [1.807, 2.05) is 38.7 Å². The third-order valence-corrected chi connectivity index (χ3v) is 5.76. The average Bonchev–Trinajstić information content (AvgIpc) is 3.40. The number of benzene rings is 1. The van der Waals surface area contributed by atoms with Crippen LogP contribution in [-0.2, 0) is 17.9 Å². The van der Waals surface area contributed by atoms with E-state index in [0.29, 0.717) is 31.4 Å². The van der Waals surface area contributed by atoms with E-state index < -0.39 is 0 Å². The predicted molar refractivity (Wildman–Crippen MR) is 120 cm³/mol. The standard InChI is InChI=1S/C22H29N5O2S/c1-5-12-27(15-20-23-24-22(29-20)19-7-6-13-30-19)16-21(28)26(4)14-17-8-10-18(11-9-17)25(2)3/h6-11,13H,5,12,14-16H2,1-4H3/p+1. The van der Waals surface area contributed by atoms with E-state index in [-0.39, 0.29) is 5.91 Å². The minimum atomic E-state index is 0.105. The van der Waals surface area contributed by atoms with Crippen molar-refractivity contribution in [1.29, 1.82) is 0 Å². The lowest BCUT2D eigenvalue weighted by molar-refractivity contribution is -0.907. The maximum atomic E-state index is 12.8. The predicted octanol–water partition coefficient (Wildman–Crippen LogP) is 2.32. The Morgan fingerprint density at radius 2 is 1.90 bits per heavy atom. The first-order chi connectivity index (χ1) is 14.5. The fraction of sp³-hybridized carbons (Fsp3) is 0.409. The molecule has 0 saturated heterocycles. The number of rotatable bonds is 10. The number of hydrogen-bond donors (Lipinski definition) is 1. The lowest BCUT2D eigenvalue weighted by atomic mass is 10.2. The number of nitrogens with one attached hydrogen (secondary N) is 1. The molecule has 1 aromatic carbocycles. The molecule has 0 aliphatic rings. The second kappa shape index (κ2) is 10.4. The molecule has 1 amide bonds. The molecule has 0 aliphatic heterocycles. The first-order valence-electron chi connectivity index (χ1n) is 10.2. The molecule has 1 unspecified atom stereocenters. The molecule has 3 rings (SSSR count). The summed E-state index contributed by atoms with van der Waals surface area (Å²) >= 11 is 1.57. The third-order valence-electron chi connectivity index (χ3n) is 4.90. The van der Waals surface area contributed by atoms with Crippen molar-refractivity contribution in [3.05, 3.63) is 53.2 Å². The van der Waals surface area contributed by atoms with Crippen LogP contribution in [0.4, 0.5) is 5.69 Å². The molecule has 2 aromatic heterocycles. The van der Waals surface area contributed by atoms with Crippen LogP contribution in [0.3, 0.4) is 0 Å². The maximum absolute atomic E-state index is 12.8. The van der Waals surface area contributed by atoms with Gasteiger partial charge in [-0.1, -0.05) is 25.1 Å². The number of carbonyl (C=O) groups excluding carboxylic acids is 1. The van der Waals surface area contributed by atoms with Crippen LogP contribution in [0.15, 0.2) is 46.2 Å². The maximum Gasteiger partial charge on any atom is 0.277 e. The average molecular weight is 429 g/mol. The Bertz CT molecular complexity index is 921. The molecule has 30 heavy (non-hydrogen) atoms. The van der Waals surface area contributed by atoms with Crippen LogP contribution in [0, 0.1) is 0 Å². The van der Waals surface area contributed by atoms with Gasteiger partial charge < -0.3 is 19.1 Å². The van der Waals surface area contributed by atoms with E-state index in [0.717, 1.165) is 34.0 Å². The Morgan fingerprint density at radius 1 is 1.13 bits per heavy atom. The summed E-state index contributed by atoms with van der Waals surface area (Å²) in [6.07, 6.45) is 0.976. The van der Waals surface area contributed by atoms with Gasteiger partial charge >= 0.3 is 0 Å². The molecular weight excluding hydrogens is 398 g/mol. The van der Waals surface area contributed by atoms with Crippen LogP contribution in [0.2, 0.25) is 0 Å². The fourth-order valence-corrected chi connectivity index (χ4v) is 3.89. The lowest BCUT2D eigenvalue weighted by Crippen LogP contribution is -3.11. The van der Waals surface area contributed by atoms with Crippen molar-refractivity contribution < 1.29 is 14.1 Å². The van der Waals surface area contributed by atoms with Crippen molar-refractivity contribution in [2.75, 3.05) is 39.1 Å². The summed E-state index contributed by atoms with van der Waals surface area (Å²) in [6.45, 7) is 4.52. The number of aromatic nitrogens is 2. The zero-order valence-electron chi connectivity index (χ0n) is 18.1. The summed E-state index contributed by atoms with van der Waals surface area (Å²) in [4.78, 5) is 18.8. The van der Waals surface area contributed by atoms with Gasteiger partial charge in [-0.3, -0.25) is 4.79 Å². The van der Waals surface area contributed by atoms with Crippen LogP contribution < -0.4 is 9.80 Å². The van der Waals surface area contributed by atoms with Crippen molar-refractivity contribution in [3.8, 4) is 10.8 Å². The zero-order chi connectivity index (χ0) is 21.5. The summed E-state index contributed by atoms with van der Waals surface area (Å²) in [5.41, 5.74) is 2.26. The molecule has 3 aromatic rings. The van der Waals surface area contributed by atoms with Crippen molar-refractivity contribution in [1.82, 2.24) is 15.1 Å². The molecule has 0 spiro atoms. The highest BCUT2D eigenvalue weighted by atomic mass is 32.1. The van der Waals surface area contributed by atoms with E-state index in [4.69, 9.17) is 4.42 Å². The van der Waals surface area contributed by atoms with Crippen LogP contribution in [0.1, 0.15) is 24.8 Å². The van der Waals surface area contributed by atoms with Gasteiger partial charge in [-0.05, 0) is 35.6 Å². The quantitative estimate of drug-likeness (QED) is 0.537. The number of thiophene rings is 1. The van der Waals surface area contributed by atoms with Gasteiger partial charge in [0.25, 0.3) is 17.7 Å². The van der Waals surface area contributed by atoms with Gasteiger partial charge in [0.15, 0.2) is 13.1 Å². The van der Waals surface area contributed by atoms with Crippen LogP contribution >= 0.6 is 11.3 Å². The van der Waals surface area contributed by atoms with Crippen molar-refractivity contribution in [2.45, 2.75) is 26.4 Å². The second-order valence-electron chi connectivity index (χ2n) is 7.64. The van der Waals surface area contributed by atoms with E-state index >= 15 is 0 Å². The molecule has 160 valence electrons. The number of anilines is 1. The molecule has 8 heteroatoms. The monoisotopic (exact) mass is 428 g/mol. The van der Waals surface area contributed by atoms with E-state index in [1.54, 1.807) is 16.2 Å². The number of likely N-dealkylation sites (N-methyl/N-ethyl adjacent to an activating group) is 1. The van der Waals surface area contributed by atoms with Gasteiger partial charge in [0, 0.05) is 33.4 Å². The summed E-state index contributed by atoms with van der Waals surface area (Å²) in [5, 5.41) is 10.3. The number of quaternary nitrogens is 1. The highest BCUT2D eigenvalue weighted by Gasteiger charge is 2.21. The van der Waals surface area contributed by atoms with Crippen LogP contribution in [-0.4, -0.2) is 55.2 Å². The zero-order valence-corrected chi connectivity index (χ0v) is 18.9. The Balaban J connectivity index is 1.57. The fourth-order valence-electron chi connectivity index (χ4n) is 3.24. The Hall–Kier alpha value is -2.71. The van der Waals surface area contributed by atoms with Crippen LogP contribution in [0.25, 0.3) is 10.8 Å². The number of carbonyl (C=O) groups is 1. The van der Waals surface area contributed by atoms with Crippen LogP contribution in [0.5, 0.6) is 0 Å². The molecule has 7 nitrogen and oxygen atoms in total. The summed E-state index contributed by atoms with van der Waals surface area (Å²) < 4.78 is 5.81. The Morgan fingerprint density at radius 3 is 2.53 bits per heavy atom. The molecule has 2 heterocycles. The molecule has 0 bridgehead atoms. The van der Waals surface area contributed by atoms with Gasteiger partial charge in [0.2, 0.25) is 0 Å². The smallest absolute Gasteiger partial charge is 0.277 e. The van der Waals surface area contributed by atoms with Gasteiger partial charge in [-0.25, -0.2) is 0 Å². The van der Waals surface area contributed by atoms with E-state index in [9.17, 15) is 4.79 Å². The lowest BCUT2D eigenvalue weighted by Gasteiger charge is -2.22. The number of nitrogens with zero attached hydrogens (tertiary/aromatic N) is 4. The largest absolute Gasteiger partial charge is 0.414 e. The topological polar surface area (TPSA) is 66.9 Å². The first kappa shape index (κ1) is 22.0. The minimum Gasteiger partial charge on any atom is -0.414 e. The minimum absolute atomic E-state index is 0.105. The normalized spacial score (nSPS) is 12.0. The SMILES string of the molecule is CCC[NH+](CC(=O)N(C)Cc1ccc(N(C)C)cc1)Cc1nnc(-c2cccs2)o1. The van der Waals surface area contributed by atoms with Gasteiger partial charge in [-0.2, -0.15) is 0 Å². The number of hydrogen-bond acceptors (Lipinski definition) is 6.